The van der Waals surface area contributed by atoms with E-state index in [-0.39, 0.29) is 10.6 Å². The van der Waals surface area contributed by atoms with Gasteiger partial charge in [0.2, 0.25) is 0 Å². The molecule has 0 aromatic heterocycles. The lowest BCUT2D eigenvalue weighted by Gasteiger charge is -2.11. The molecule has 0 saturated carbocycles. The summed E-state index contributed by atoms with van der Waals surface area (Å²) in [5.41, 5.74) is 2.41. The number of nitrogens with one attached hydrogen (secondary N) is 2. The molecule has 0 bridgehead atoms. The van der Waals surface area contributed by atoms with Crippen molar-refractivity contribution >= 4 is 17.1 Å². The fourth-order valence-electron chi connectivity index (χ4n) is 2.20. The van der Waals surface area contributed by atoms with Crippen molar-refractivity contribution in [3.63, 3.8) is 0 Å². The molecule has 0 spiro atoms. The third-order valence-electron chi connectivity index (χ3n) is 3.16. The van der Waals surface area contributed by atoms with E-state index in [0.29, 0.717) is 24.5 Å². The molecule has 0 saturated heterocycles. The molecule has 2 aromatic carbocycles. The minimum Gasteiger partial charge on any atom is -0.380 e. The van der Waals surface area contributed by atoms with E-state index in [0.717, 1.165) is 6.42 Å². The minimum absolute atomic E-state index is 0.104. The summed E-state index contributed by atoms with van der Waals surface area (Å²) in [6.07, 6.45) is 0.823. The third kappa shape index (κ3) is 3.95. The van der Waals surface area contributed by atoms with E-state index in [4.69, 9.17) is 0 Å². The molecule has 0 radical (unpaired) electrons. The summed E-state index contributed by atoms with van der Waals surface area (Å²) < 4.78 is 0. The summed E-state index contributed by atoms with van der Waals surface area (Å²) in [5, 5.41) is 17.5. The number of benzene rings is 2. The standard InChI is InChI=1S/C16H19N3O2/c1-2-17-14-9-6-10-15(16(14)19(20)21)18-12-11-13-7-4-3-5-8-13/h3-10,17-18H,2,11-12H2,1H3. The number of hydrogen-bond donors (Lipinski definition) is 2. The van der Waals surface area contributed by atoms with Gasteiger partial charge in [0.25, 0.3) is 0 Å². The molecule has 5 nitrogen and oxygen atoms in total. The number of nitro groups is 1. The monoisotopic (exact) mass is 285 g/mol. The molecule has 110 valence electrons. The van der Waals surface area contributed by atoms with Crippen LogP contribution < -0.4 is 10.6 Å². The molecule has 2 rings (SSSR count). The van der Waals surface area contributed by atoms with Crippen molar-refractivity contribution in [1.82, 2.24) is 0 Å². The predicted octanol–water partition coefficient (Wildman–Crippen LogP) is 3.68. The quantitative estimate of drug-likeness (QED) is 0.601. The molecular formula is C16H19N3O2. The lowest BCUT2D eigenvalue weighted by Crippen LogP contribution is -2.09. The Bertz CT molecular complexity index is 600. The van der Waals surface area contributed by atoms with Crippen molar-refractivity contribution < 1.29 is 4.92 Å². The molecule has 21 heavy (non-hydrogen) atoms. The smallest absolute Gasteiger partial charge is 0.315 e. The van der Waals surface area contributed by atoms with E-state index in [1.807, 2.05) is 43.3 Å². The zero-order valence-electron chi connectivity index (χ0n) is 12.0. The van der Waals surface area contributed by atoms with Gasteiger partial charge in [-0.15, -0.1) is 0 Å². The highest BCUT2D eigenvalue weighted by Crippen LogP contribution is 2.32. The van der Waals surface area contributed by atoms with E-state index in [1.165, 1.54) is 5.56 Å². The Kier molecular flexibility index (Phi) is 5.15. The Morgan fingerprint density at radius 1 is 1.00 bits per heavy atom. The lowest BCUT2D eigenvalue weighted by atomic mass is 10.1. The molecule has 0 aliphatic rings. The van der Waals surface area contributed by atoms with Crippen LogP contribution in [0.1, 0.15) is 12.5 Å². The van der Waals surface area contributed by atoms with E-state index < -0.39 is 0 Å². The average Bonchev–Trinajstić information content (AvgIpc) is 2.48. The first kappa shape index (κ1) is 14.8. The summed E-state index contributed by atoms with van der Waals surface area (Å²) >= 11 is 0. The summed E-state index contributed by atoms with van der Waals surface area (Å²) in [6, 6.07) is 15.3. The SMILES string of the molecule is CCNc1cccc(NCCc2ccccc2)c1[N+](=O)[O-]. The van der Waals surface area contributed by atoms with E-state index in [9.17, 15) is 10.1 Å². The van der Waals surface area contributed by atoms with Gasteiger partial charge in [-0.3, -0.25) is 10.1 Å². The zero-order chi connectivity index (χ0) is 15.1. The minimum atomic E-state index is -0.344. The summed E-state index contributed by atoms with van der Waals surface area (Å²) in [4.78, 5) is 10.9. The molecule has 0 amide bonds. The molecule has 2 aromatic rings. The second-order valence-electron chi connectivity index (χ2n) is 4.65. The topological polar surface area (TPSA) is 67.2 Å². The van der Waals surface area contributed by atoms with Crippen LogP contribution in [-0.4, -0.2) is 18.0 Å². The van der Waals surface area contributed by atoms with Crippen molar-refractivity contribution in [2.45, 2.75) is 13.3 Å². The van der Waals surface area contributed by atoms with E-state index in [1.54, 1.807) is 12.1 Å². The predicted molar refractivity (Wildman–Crippen MR) is 85.9 cm³/mol. The number of nitro benzene ring substituents is 1. The Labute approximate surface area is 124 Å². The number of nitrogens with zero attached hydrogens (tertiary/aromatic N) is 1. The van der Waals surface area contributed by atoms with Gasteiger partial charge in [0.15, 0.2) is 0 Å². The van der Waals surface area contributed by atoms with Crippen LogP contribution in [0.4, 0.5) is 17.1 Å². The first-order chi connectivity index (χ1) is 10.2. The van der Waals surface area contributed by atoms with Crippen LogP contribution in [0.5, 0.6) is 0 Å². The van der Waals surface area contributed by atoms with Crippen LogP contribution in [0.3, 0.4) is 0 Å². The molecular weight excluding hydrogens is 266 g/mol. The number of anilines is 2. The molecule has 0 heterocycles. The van der Waals surface area contributed by atoms with E-state index >= 15 is 0 Å². The normalized spacial score (nSPS) is 10.1. The average molecular weight is 285 g/mol. The first-order valence-electron chi connectivity index (χ1n) is 7.01. The van der Waals surface area contributed by atoms with Crippen molar-refractivity contribution in [3.8, 4) is 0 Å². The van der Waals surface area contributed by atoms with Crippen molar-refractivity contribution in [2.75, 3.05) is 23.7 Å². The van der Waals surface area contributed by atoms with Crippen molar-refractivity contribution in [1.29, 1.82) is 0 Å². The van der Waals surface area contributed by atoms with Gasteiger partial charge in [0.05, 0.1) is 4.92 Å². The molecule has 0 fully saturated rings. The zero-order valence-corrected chi connectivity index (χ0v) is 12.0. The van der Waals surface area contributed by atoms with Gasteiger partial charge in [-0.2, -0.15) is 0 Å². The van der Waals surface area contributed by atoms with Crippen LogP contribution in [0, 0.1) is 10.1 Å². The highest BCUT2D eigenvalue weighted by atomic mass is 16.6. The fraction of sp³-hybridized carbons (Fsp3) is 0.250. The van der Waals surface area contributed by atoms with Crippen molar-refractivity contribution in [3.05, 3.63) is 64.2 Å². The Balaban J connectivity index is 2.08. The third-order valence-corrected chi connectivity index (χ3v) is 3.16. The fourth-order valence-corrected chi connectivity index (χ4v) is 2.20. The van der Waals surface area contributed by atoms with Gasteiger partial charge in [-0.05, 0) is 31.0 Å². The Morgan fingerprint density at radius 2 is 1.67 bits per heavy atom. The van der Waals surface area contributed by atoms with Crippen LogP contribution >= 0.6 is 0 Å². The Hall–Kier alpha value is -2.56. The maximum Gasteiger partial charge on any atom is 0.315 e. The van der Waals surface area contributed by atoms with Gasteiger partial charge < -0.3 is 10.6 Å². The summed E-state index contributed by atoms with van der Waals surface area (Å²) in [7, 11) is 0. The molecule has 5 heteroatoms. The molecule has 0 aliphatic heterocycles. The molecule has 0 atom stereocenters. The molecule has 0 aliphatic carbocycles. The van der Waals surface area contributed by atoms with Crippen molar-refractivity contribution in [2.24, 2.45) is 0 Å². The largest absolute Gasteiger partial charge is 0.380 e. The first-order valence-corrected chi connectivity index (χ1v) is 7.01. The van der Waals surface area contributed by atoms with Crippen LogP contribution in [-0.2, 0) is 6.42 Å². The van der Waals surface area contributed by atoms with Crippen LogP contribution in [0.25, 0.3) is 0 Å². The maximum absolute atomic E-state index is 11.3. The van der Waals surface area contributed by atoms with Gasteiger partial charge in [-0.25, -0.2) is 0 Å². The van der Waals surface area contributed by atoms with Gasteiger partial charge in [0.1, 0.15) is 11.4 Å². The maximum atomic E-state index is 11.3. The number of hydrogen-bond acceptors (Lipinski definition) is 4. The number of rotatable bonds is 7. The number of para-hydroxylation sites is 1. The second kappa shape index (κ2) is 7.28. The van der Waals surface area contributed by atoms with Gasteiger partial charge >= 0.3 is 5.69 Å². The molecule has 0 unspecified atom stereocenters. The summed E-state index contributed by atoms with van der Waals surface area (Å²) in [5.74, 6) is 0. The highest BCUT2D eigenvalue weighted by molar-refractivity contribution is 5.76. The second-order valence-corrected chi connectivity index (χ2v) is 4.65. The van der Waals surface area contributed by atoms with Crippen LogP contribution in [0.15, 0.2) is 48.5 Å². The highest BCUT2D eigenvalue weighted by Gasteiger charge is 2.18. The lowest BCUT2D eigenvalue weighted by molar-refractivity contribution is -0.383. The summed E-state index contributed by atoms with van der Waals surface area (Å²) in [6.45, 7) is 3.22. The Morgan fingerprint density at radius 3 is 2.29 bits per heavy atom. The molecule has 2 N–H and O–H groups in total. The van der Waals surface area contributed by atoms with Gasteiger partial charge in [0, 0.05) is 13.1 Å². The van der Waals surface area contributed by atoms with E-state index in [2.05, 4.69) is 10.6 Å². The van der Waals surface area contributed by atoms with Gasteiger partial charge in [-0.1, -0.05) is 36.4 Å². The van der Waals surface area contributed by atoms with Crippen LogP contribution in [0.2, 0.25) is 0 Å².